The van der Waals surface area contributed by atoms with Gasteiger partial charge >= 0.3 is 13.8 Å². The minimum atomic E-state index is -5.10. The zero-order valence-electron chi connectivity index (χ0n) is 10.0. The molecule has 10 heteroatoms. The zero-order valence-corrected chi connectivity index (χ0v) is 10.9. The molecule has 3 atom stereocenters. The second-order valence-electron chi connectivity index (χ2n) is 4.30. The van der Waals surface area contributed by atoms with Crippen molar-refractivity contribution < 1.29 is 43.1 Å². The lowest BCUT2D eigenvalue weighted by Crippen LogP contribution is -2.43. The number of aliphatic hydroxyl groups excluding tert-OH is 1. The molecule has 1 fully saturated rings. The molecule has 0 radical (unpaired) electrons. The van der Waals surface area contributed by atoms with Crippen LogP contribution in [0.15, 0.2) is 0 Å². The van der Waals surface area contributed by atoms with Crippen LogP contribution in [0.1, 0.15) is 13.8 Å². The maximum atomic E-state index is 11.8. The molecular formula is C9H13O9P. The fraction of sp³-hybridized carbons (Fsp3) is 0.667. The number of rotatable bonds is 5. The van der Waals surface area contributed by atoms with Gasteiger partial charge in [0.15, 0.2) is 12.2 Å². The number of aliphatic hydroxyl groups is 1. The highest BCUT2D eigenvalue weighted by molar-refractivity contribution is 7.46. The normalized spacial score (nSPS) is 25.6. The van der Waals surface area contributed by atoms with Crippen LogP contribution in [0, 0.1) is 5.92 Å². The van der Waals surface area contributed by atoms with Crippen molar-refractivity contribution in [1.29, 1.82) is 0 Å². The summed E-state index contributed by atoms with van der Waals surface area (Å²) in [4.78, 5) is 51.4. The van der Waals surface area contributed by atoms with Crippen LogP contribution in [0.2, 0.25) is 0 Å². The van der Waals surface area contributed by atoms with Crippen LogP contribution in [0.25, 0.3) is 0 Å². The number of carbonyl (C=O) groups is 3. The van der Waals surface area contributed by atoms with Gasteiger partial charge in [-0.25, -0.2) is 9.36 Å². The summed E-state index contributed by atoms with van der Waals surface area (Å²) < 4.78 is 19.2. The van der Waals surface area contributed by atoms with Crippen molar-refractivity contribution in [3.05, 3.63) is 0 Å². The lowest BCUT2D eigenvalue weighted by molar-refractivity contribution is -0.154. The highest BCUT2D eigenvalue weighted by atomic mass is 31.2. The van der Waals surface area contributed by atoms with E-state index in [1.54, 1.807) is 0 Å². The van der Waals surface area contributed by atoms with Gasteiger partial charge in [0.25, 0.3) is 5.78 Å². The third-order valence-corrected chi connectivity index (χ3v) is 2.92. The van der Waals surface area contributed by atoms with Crippen LogP contribution in [0.3, 0.4) is 0 Å². The molecule has 1 aliphatic heterocycles. The Bertz CT molecular complexity index is 451. The van der Waals surface area contributed by atoms with E-state index in [0.29, 0.717) is 0 Å². The summed E-state index contributed by atoms with van der Waals surface area (Å²) in [6, 6.07) is 0. The number of cyclic esters (lactones) is 1. The smallest absolute Gasteiger partial charge is 0.445 e. The van der Waals surface area contributed by atoms with E-state index in [-0.39, 0.29) is 0 Å². The zero-order chi connectivity index (χ0) is 15.0. The van der Waals surface area contributed by atoms with Crippen LogP contribution in [-0.2, 0) is 28.2 Å². The van der Waals surface area contributed by atoms with E-state index in [9.17, 15) is 24.1 Å². The molecule has 0 bridgehead atoms. The van der Waals surface area contributed by atoms with Gasteiger partial charge < -0.3 is 19.6 Å². The Morgan fingerprint density at radius 2 is 1.89 bits per heavy atom. The van der Waals surface area contributed by atoms with E-state index in [1.807, 2.05) is 0 Å². The lowest BCUT2D eigenvalue weighted by atomic mass is 9.97. The monoisotopic (exact) mass is 296 g/mol. The fourth-order valence-electron chi connectivity index (χ4n) is 1.44. The van der Waals surface area contributed by atoms with Crippen molar-refractivity contribution in [2.45, 2.75) is 32.2 Å². The molecule has 2 unspecified atom stereocenters. The Labute approximate surface area is 107 Å². The summed E-state index contributed by atoms with van der Waals surface area (Å²) in [6.45, 7) is 3.00. The molecule has 0 amide bonds. The van der Waals surface area contributed by atoms with E-state index < -0.39 is 49.6 Å². The summed E-state index contributed by atoms with van der Waals surface area (Å²) in [7, 11) is -5.10. The van der Waals surface area contributed by atoms with Crippen molar-refractivity contribution in [2.75, 3.05) is 0 Å². The largest absolute Gasteiger partial charge is 0.470 e. The lowest BCUT2D eigenvalue weighted by Gasteiger charge is -2.20. The molecule has 0 aliphatic carbocycles. The minimum Gasteiger partial charge on any atom is -0.445 e. The average molecular weight is 296 g/mol. The Hall–Kier alpha value is -1.12. The van der Waals surface area contributed by atoms with Crippen molar-refractivity contribution in [1.82, 2.24) is 0 Å². The van der Waals surface area contributed by atoms with Crippen LogP contribution in [-0.4, -0.2) is 50.7 Å². The maximum Gasteiger partial charge on any atom is 0.470 e. The Kier molecular flexibility index (Phi) is 4.59. The molecule has 1 heterocycles. The average Bonchev–Trinajstić information content (AvgIpc) is 2.53. The van der Waals surface area contributed by atoms with Gasteiger partial charge in [0.2, 0.25) is 5.78 Å². The highest BCUT2D eigenvalue weighted by Crippen LogP contribution is 2.40. The van der Waals surface area contributed by atoms with Crippen LogP contribution in [0.4, 0.5) is 0 Å². The van der Waals surface area contributed by atoms with E-state index in [4.69, 9.17) is 9.79 Å². The number of hydrogen-bond donors (Lipinski definition) is 3. The van der Waals surface area contributed by atoms with Crippen molar-refractivity contribution in [2.24, 2.45) is 5.92 Å². The molecule has 1 saturated heterocycles. The number of phosphoric acid groups is 1. The fourth-order valence-corrected chi connectivity index (χ4v) is 1.95. The number of carbonyl (C=O) groups excluding carboxylic acids is 3. The molecule has 108 valence electrons. The predicted octanol–water partition coefficient (Wildman–Crippen LogP) is -1.46. The summed E-state index contributed by atoms with van der Waals surface area (Å²) in [5.41, 5.74) is 0. The molecule has 0 aromatic carbocycles. The first-order valence-electron chi connectivity index (χ1n) is 5.25. The number of Topliss-reactive ketones (excluding diaryl/α,β-unsaturated/α-hetero) is 2. The van der Waals surface area contributed by atoms with E-state index in [0.717, 1.165) is 0 Å². The number of esters is 1. The van der Waals surface area contributed by atoms with Gasteiger partial charge in [-0.1, -0.05) is 13.8 Å². The Morgan fingerprint density at radius 3 is 2.32 bits per heavy atom. The van der Waals surface area contributed by atoms with Gasteiger partial charge in [-0.15, -0.1) is 0 Å². The molecule has 1 aliphatic rings. The van der Waals surface area contributed by atoms with Gasteiger partial charge in [-0.3, -0.25) is 14.1 Å². The molecule has 0 saturated carbocycles. The second kappa shape index (κ2) is 5.48. The van der Waals surface area contributed by atoms with Gasteiger partial charge in [-0.05, 0) is 5.92 Å². The van der Waals surface area contributed by atoms with E-state index >= 15 is 0 Å². The van der Waals surface area contributed by atoms with Crippen molar-refractivity contribution >= 4 is 25.4 Å². The van der Waals surface area contributed by atoms with Crippen LogP contribution >= 0.6 is 7.82 Å². The Balaban J connectivity index is 2.98. The number of hydrogen-bond acceptors (Lipinski definition) is 7. The predicted molar refractivity (Wildman–Crippen MR) is 57.7 cm³/mol. The van der Waals surface area contributed by atoms with Crippen LogP contribution in [0.5, 0.6) is 0 Å². The van der Waals surface area contributed by atoms with Gasteiger partial charge in [-0.2, -0.15) is 0 Å². The Morgan fingerprint density at radius 1 is 1.37 bits per heavy atom. The first kappa shape index (κ1) is 15.9. The first-order valence-corrected chi connectivity index (χ1v) is 6.78. The molecule has 9 nitrogen and oxygen atoms in total. The SMILES string of the molecule is CC(C)C(O)C(=O)[C@H]1OC(=O)C(=O)C1OP(=O)(O)O. The third-order valence-electron chi connectivity index (χ3n) is 2.42. The second-order valence-corrected chi connectivity index (χ2v) is 5.49. The van der Waals surface area contributed by atoms with Crippen LogP contribution < -0.4 is 0 Å². The minimum absolute atomic E-state index is 0.530. The van der Waals surface area contributed by atoms with E-state index in [2.05, 4.69) is 9.26 Å². The van der Waals surface area contributed by atoms with Crippen molar-refractivity contribution in [3.63, 3.8) is 0 Å². The van der Waals surface area contributed by atoms with Crippen molar-refractivity contribution in [3.8, 4) is 0 Å². The topological polar surface area (TPSA) is 147 Å². The molecule has 1 rings (SSSR count). The number of phosphoric ester groups is 1. The van der Waals surface area contributed by atoms with E-state index in [1.165, 1.54) is 13.8 Å². The summed E-state index contributed by atoms with van der Waals surface area (Å²) in [5, 5.41) is 9.54. The molecule has 19 heavy (non-hydrogen) atoms. The summed E-state index contributed by atoms with van der Waals surface area (Å²) in [6.07, 6.45) is -5.45. The number of ketones is 2. The summed E-state index contributed by atoms with van der Waals surface area (Å²) in [5.74, 6) is -4.39. The maximum absolute atomic E-state index is 11.8. The molecule has 0 spiro atoms. The van der Waals surface area contributed by atoms with Gasteiger partial charge in [0, 0.05) is 0 Å². The highest BCUT2D eigenvalue weighted by Gasteiger charge is 2.52. The first-order chi connectivity index (χ1) is 8.54. The number of ether oxygens (including phenoxy) is 1. The quantitative estimate of drug-likeness (QED) is 0.314. The third kappa shape index (κ3) is 3.68. The molecule has 0 aromatic heterocycles. The van der Waals surface area contributed by atoms with Gasteiger partial charge in [0.05, 0.1) is 0 Å². The molecule has 0 aromatic rings. The summed E-state index contributed by atoms with van der Waals surface area (Å²) >= 11 is 0. The standard InChI is InChI=1S/C9H13O9P/c1-3(2)4(10)5(11)7-8(18-19(14,15)16)6(12)9(13)17-7/h3-4,7-8,10H,1-2H3,(H2,14,15,16)/t4?,7-,8?/m1/s1. The van der Waals surface area contributed by atoms with Gasteiger partial charge in [0.1, 0.15) is 6.10 Å². The molecular weight excluding hydrogens is 283 g/mol. The molecule has 3 N–H and O–H groups in total.